The fourth-order valence-electron chi connectivity index (χ4n) is 4.54. The average Bonchev–Trinajstić information content (AvgIpc) is 3.08. The van der Waals surface area contributed by atoms with E-state index in [0.29, 0.717) is 12.5 Å². The molecular weight excluding hydrogens is 374 g/mol. The summed E-state index contributed by atoms with van der Waals surface area (Å²) in [7, 11) is 0. The highest BCUT2D eigenvalue weighted by Gasteiger charge is 2.27. The second-order valence-electron chi connectivity index (χ2n) is 8.15. The molecule has 1 aliphatic rings. The second-order valence-corrected chi connectivity index (χ2v) is 8.15. The van der Waals surface area contributed by atoms with E-state index in [1.807, 2.05) is 36.9 Å². The molecule has 0 bridgehead atoms. The van der Waals surface area contributed by atoms with Gasteiger partial charge in [0.15, 0.2) is 0 Å². The minimum Gasteiger partial charge on any atom is -0.508 e. The molecule has 1 fully saturated rings. The Kier molecular flexibility index (Phi) is 5.64. The molecule has 5 heteroatoms. The Hall–Kier alpha value is -3.05. The van der Waals surface area contributed by atoms with Crippen LogP contribution in [0.15, 0.2) is 54.6 Å². The number of phenols is 1. The molecule has 3 N–H and O–H groups in total. The Morgan fingerprint density at radius 1 is 1.07 bits per heavy atom. The smallest absolute Gasteiger partial charge is 0.255 e. The van der Waals surface area contributed by atoms with E-state index >= 15 is 0 Å². The SMILES string of the molecule is Cc1cc(C(=O)N2CCC(c3cccc(CN)c3)CC2)c(C)n1-c1ccc(O)cc1. The van der Waals surface area contributed by atoms with Gasteiger partial charge >= 0.3 is 0 Å². The van der Waals surface area contributed by atoms with Crippen LogP contribution in [0.1, 0.15) is 51.6 Å². The number of hydrogen-bond donors (Lipinski definition) is 2. The normalized spacial score (nSPS) is 14.8. The van der Waals surface area contributed by atoms with Crippen molar-refractivity contribution in [1.82, 2.24) is 9.47 Å². The quantitative estimate of drug-likeness (QED) is 0.683. The number of amides is 1. The molecule has 0 aliphatic carbocycles. The summed E-state index contributed by atoms with van der Waals surface area (Å²) in [5.74, 6) is 0.810. The summed E-state index contributed by atoms with van der Waals surface area (Å²) < 4.78 is 2.07. The molecule has 2 aromatic carbocycles. The first-order chi connectivity index (χ1) is 14.5. The molecular formula is C25H29N3O2. The Balaban J connectivity index is 1.49. The van der Waals surface area contributed by atoms with Crippen molar-refractivity contribution in [3.63, 3.8) is 0 Å². The van der Waals surface area contributed by atoms with Gasteiger partial charge in [-0.3, -0.25) is 4.79 Å². The topological polar surface area (TPSA) is 71.5 Å². The third-order valence-electron chi connectivity index (χ3n) is 6.21. The molecule has 156 valence electrons. The molecule has 2 heterocycles. The maximum atomic E-state index is 13.3. The van der Waals surface area contributed by atoms with Crippen molar-refractivity contribution in [2.24, 2.45) is 5.73 Å². The number of likely N-dealkylation sites (tertiary alicyclic amines) is 1. The number of benzene rings is 2. The Morgan fingerprint density at radius 2 is 1.77 bits per heavy atom. The van der Waals surface area contributed by atoms with Gasteiger partial charge in [0, 0.05) is 36.7 Å². The lowest BCUT2D eigenvalue weighted by molar-refractivity contribution is 0.0712. The summed E-state index contributed by atoms with van der Waals surface area (Å²) in [4.78, 5) is 15.2. The number of rotatable bonds is 4. The number of aromatic hydroxyl groups is 1. The van der Waals surface area contributed by atoms with Crippen LogP contribution in [0.4, 0.5) is 0 Å². The van der Waals surface area contributed by atoms with E-state index in [1.54, 1.807) is 12.1 Å². The molecule has 5 nitrogen and oxygen atoms in total. The van der Waals surface area contributed by atoms with Crippen LogP contribution in [-0.2, 0) is 6.54 Å². The van der Waals surface area contributed by atoms with Gasteiger partial charge in [-0.05, 0) is 74.1 Å². The average molecular weight is 404 g/mol. The zero-order valence-electron chi connectivity index (χ0n) is 17.6. The summed E-state index contributed by atoms with van der Waals surface area (Å²) in [5, 5.41) is 9.56. The highest BCUT2D eigenvalue weighted by atomic mass is 16.3. The van der Waals surface area contributed by atoms with E-state index in [0.717, 1.165) is 54.1 Å². The minimum absolute atomic E-state index is 0.0993. The first-order valence-corrected chi connectivity index (χ1v) is 10.5. The fourth-order valence-corrected chi connectivity index (χ4v) is 4.54. The number of hydrogen-bond acceptors (Lipinski definition) is 3. The number of carbonyl (C=O) groups excluding carboxylic acids is 1. The molecule has 0 atom stereocenters. The predicted molar refractivity (Wildman–Crippen MR) is 119 cm³/mol. The van der Waals surface area contributed by atoms with Gasteiger partial charge in [-0.15, -0.1) is 0 Å². The number of nitrogens with two attached hydrogens (primary N) is 1. The Bertz CT molecular complexity index is 1040. The Labute approximate surface area is 177 Å². The van der Waals surface area contributed by atoms with Crippen LogP contribution in [0.5, 0.6) is 5.75 Å². The summed E-state index contributed by atoms with van der Waals surface area (Å²) in [6, 6.07) is 17.6. The molecule has 1 saturated heterocycles. The third kappa shape index (κ3) is 3.85. The van der Waals surface area contributed by atoms with Gasteiger partial charge in [-0.1, -0.05) is 24.3 Å². The maximum absolute atomic E-state index is 13.3. The highest BCUT2D eigenvalue weighted by molar-refractivity contribution is 5.96. The van der Waals surface area contributed by atoms with Crippen molar-refractivity contribution in [1.29, 1.82) is 0 Å². The van der Waals surface area contributed by atoms with Crippen LogP contribution in [0.2, 0.25) is 0 Å². The molecule has 4 rings (SSSR count). The fraction of sp³-hybridized carbons (Fsp3) is 0.320. The number of aromatic nitrogens is 1. The molecule has 3 aromatic rings. The van der Waals surface area contributed by atoms with Crippen LogP contribution in [0.3, 0.4) is 0 Å². The van der Waals surface area contributed by atoms with Gasteiger partial charge in [0.25, 0.3) is 5.91 Å². The van der Waals surface area contributed by atoms with Crippen molar-refractivity contribution in [3.8, 4) is 11.4 Å². The zero-order valence-corrected chi connectivity index (χ0v) is 17.6. The lowest BCUT2D eigenvalue weighted by Gasteiger charge is -2.32. The van der Waals surface area contributed by atoms with E-state index < -0.39 is 0 Å². The first kappa shape index (κ1) is 20.2. The first-order valence-electron chi connectivity index (χ1n) is 10.5. The van der Waals surface area contributed by atoms with Gasteiger partial charge in [-0.2, -0.15) is 0 Å². The van der Waals surface area contributed by atoms with E-state index in [-0.39, 0.29) is 11.7 Å². The highest BCUT2D eigenvalue weighted by Crippen LogP contribution is 2.30. The molecule has 1 amide bonds. The summed E-state index contributed by atoms with van der Waals surface area (Å²) in [6.07, 6.45) is 1.94. The van der Waals surface area contributed by atoms with Gasteiger partial charge < -0.3 is 20.3 Å². The molecule has 1 aromatic heterocycles. The van der Waals surface area contributed by atoms with Crippen molar-refractivity contribution in [3.05, 3.63) is 82.7 Å². The van der Waals surface area contributed by atoms with Crippen molar-refractivity contribution in [2.45, 2.75) is 39.2 Å². The standard InChI is InChI=1S/C25H29N3O2/c1-17-14-24(18(2)28(17)22-6-8-23(29)9-7-22)25(30)27-12-10-20(11-13-27)21-5-3-4-19(15-21)16-26/h3-9,14-15,20,29H,10-13,16,26H2,1-2H3. The van der Waals surface area contributed by atoms with Gasteiger partial charge in [0.2, 0.25) is 0 Å². The number of phenolic OH excluding ortho intramolecular Hbond substituents is 1. The van der Waals surface area contributed by atoms with Crippen molar-refractivity contribution in [2.75, 3.05) is 13.1 Å². The summed E-state index contributed by atoms with van der Waals surface area (Å²) in [6.45, 7) is 6.08. The number of piperidine rings is 1. The number of carbonyl (C=O) groups is 1. The molecule has 1 aliphatic heterocycles. The molecule has 0 unspecified atom stereocenters. The summed E-state index contributed by atoms with van der Waals surface area (Å²) >= 11 is 0. The number of nitrogens with zero attached hydrogens (tertiary/aromatic N) is 2. The largest absolute Gasteiger partial charge is 0.508 e. The molecule has 30 heavy (non-hydrogen) atoms. The zero-order chi connectivity index (χ0) is 21.3. The van der Waals surface area contributed by atoms with Crippen LogP contribution >= 0.6 is 0 Å². The summed E-state index contributed by atoms with van der Waals surface area (Å²) in [5.41, 5.74) is 11.9. The van der Waals surface area contributed by atoms with Gasteiger partial charge in [-0.25, -0.2) is 0 Å². The van der Waals surface area contributed by atoms with Crippen molar-refractivity contribution < 1.29 is 9.90 Å². The molecule has 0 saturated carbocycles. The minimum atomic E-state index is 0.0993. The Morgan fingerprint density at radius 3 is 2.43 bits per heavy atom. The van der Waals surface area contributed by atoms with E-state index in [2.05, 4.69) is 28.8 Å². The lowest BCUT2D eigenvalue weighted by atomic mass is 9.88. The van der Waals surface area contributed by atoms with Gasteiger partial charge in [0.1, 0.15) is 5.75 Å². The van der Waals surface area contributed by atoms with Gasteiger partial charge in [0.05, 0.1) is 5.56 Å². The van der Waals surface area contributed by atoms with Crippen LogP contribution in [-0.4, -0.2) is 33.6 Å². The third-order valence-corrected chi connectivity index (χ3v) is 6.21. The lowest BCUT2D eigenvalue weighted by Crippen LogP contribution is -2.38. The van der Waals surface area contributed by atoms with Crippen LogP contribution < -0.4 is 5.73 Å². The molecule has 0 radical (unpaired) electrons. The van der Waals surface area contributed by atoms with E-state index in [1.165, 1.54) is 5.56 Å². The molecule has 0 spiro atoms. The number of aryl methyl sites for hydroxylation is 1. The predicted octanol–water partition coefficient (Wildman–Crippen LogP) is 4.28. The second kappa shape index (κ2) is 8.36. The van der Waals surface area contributed by atoms with Crippen LogP contribution in [0.25, 0.3) is 5.69 Å². The van der Waals surface area contributed by atoms with E-state index in [9.17, 15) is 9.90 Å². The van der Waals surface area contributed by atoms with Crippen molar-refractivity contribution >= 4 is 5.91 Å². The van der Waals surface area contributed by atoms with Crippen LogP contribution in [0, 0.1) is 13.8 Å². The maximum Gasteiger partial charge on any atom is 0.255 e. The monoisotopic (exact) mass is 403 g/mol. The van der Waals surface area contributed by atoms with E-state index in [4.69, 9.17) is 5.73 Å².